The van der Waals surface area contributed by atoms with Gasteiger partial charge in [0.1, 0.15) is 5.75 Å². The summed E-state index contributed by atoms with van der Waals surface area (Å²) >= 11 is 0. The summed E-state index contributed by atoms with van der Waals surface area (Å²) in [6.45, 7) is 4.60. The highest BCUT2D eigenvalue weighted by molar-refractivity contribution is 5.27. The van der Waals surface area contributed by atoms with Crippen LogP contribution in [0.4, 0.5) is 0 Å². The predicted octanol–water partition coefficient (Wildman–Crippen LogP) is 5.25. The van der Waals surface area contributed by atoms with E-state index in [1.807, 2.05) is 6.07 Å². The van der Waals surface area contributed by atoms with Gasteiger partial charge in [-0.1, -0.05) is 68.7 Å². The molecule has 0 bridgehead atoms. The molecule has 0 aliphatic carbocycles. The molecule has 111 valence electrons. The van der Waals surface area contributed by atoms with Crippen LogP contribution < -0.4 is 4.74 Å². The number of rotatable bonds is 9. The molecule has 1 nitrogen and oxygen atoms in total. The number of aryl methyl sites for hydroxylation is 1. The zero-order chi connectivity index (χ0) is 14.8. The largest absolute Gasteiger partial charge is 0.493 e. The van der Waals surface area contributed by atoms with Crippen LogP contribution in [0.5, 0.6) is 5.75 Å². The maximum absolute atomic E-state index is 5.80. The quantitative estimate of drug-likeness (QED) is 0.571. The molecule has 0 amide bonds. The average molecular weight is 281 g/mol. The van der Waals surface area contributed by atoms with Gasteiger partial charge in [0.25, 0.3) is 0 Å². The minimum atomic E-state index is 0.729. The standard InChI is InChI=1S/C20H25O/c1-2-3-4-6-11-19-12-14-20(15-13-19)21-17-16-18-9-7-5-8-10-18/h5,7-10,12-15H,1-4,6,11,16-17H2. The van der Waals surface area contributed by atoms with Crippen LogP contribution >= 0.6 is 0 Å². The fourth-order valence-corrected chi connectivity index (χ4v) is 2.37. The monoisotopic (exact) mass is 281 g/mol. The van der Waals surface area contributed by atoms with Gasteiger partial charge in [0, 0.05) is 6.42 Å². The van der Waals surface area contributed by atoms with Gasteiger partial charge < -0.3 is 4.74 Å². The molecule has 0 aliphatic heterocycles. The predicted molar refractivity (Wildman–Crippen MR) is 89.6 cm³/mol. The van der Waals surface area contributed by atoms with Crippen molar-refractivity contribution >= 4 is 0 Å². The molecule has 2 aromatic carbocycles. The minimum absolute atomic E-state index is 0.729. The van der Waals surface area contributed by atoms with Gasteiger partial charge >= 0.3 is 0 Å². The zero-order valence-corrected chi connectivity index (χ0v) is 12.8. The maximum Gasteiger partial charge on any atom is 0.119 e. The van der Waals surface area contributed by atoms with Gasteiger partial charge in [-0.15, -0.1) is 0 Å². The van der Waals surface area contributed by atoms with Crippen LogP contribution in [0.3, 0.4) is 0 Å². The third-order valence-corrected chi connectivity index (χ3v) is 3.64. The summed E-state index contributed by atoms with van der Waals surface area (Å²) in [4.78, 5) is 0. The lowest BCUT2D eigenvalue weighted by Gasteiger charge is -2.07. The highest BCUT2D eigenvalue weighted by atomic mass is 16.5. The average Bonchev–Trinajstić information content (AvgIpc) is 2.54. The zero-order valence-electron chi connectivity index (χ0n) is 12.8. The third-order valence-electron chi connectivity index (χ3n) is 3.64. The molecule has 0 aliphatic rings. The van der Waals surface area contributed by atoms with Gasteiger partial charge in [0.15, 0.2) is 0 Å². The topological polar surface area (TPSA) is 9.23 Å². The van der Waals surface area contributed by atoms with Crippen molar-refractivity contribution in [1.29, 1.82) is 0 Å². The summed E-state index contributed by atoms with van der Waals surface area (Å²) in [5, 5.41) is 0. The van der Waals surface area contributed by atoms with E-state index in [9.17, 15) is 0 Å². The lowest BCUT2D eigenvalue weighted by atomic mass is 10.1. The molecule has 0 atom stereocenters. The summed E-state index contributed by atoms with van der Waals surface area (Å²) in [7, 11) is 0. The molecule has 0 aromatic heterocycles. The molecule has 1 radical (unpaired) electrons. The fourth-order valence-electron chi connectivity index (χ4n) is 2.37. The first-order valence-electron chi connectivity index (χ1n) is 7.93. The Kier molecular flexibility index (Phi) is 6.87. The Hall–Kier alpha value is -1.76. The lowest BCUT2D eigenvalue weighted by molar-refractivity contribution is 0.322. The van der Waals surface area contributed by atoms with Crippen molar-refractivity contribution in [2.24, 2.45) is 0 Å². The number of hydrogen-bond donors (Lipinski definition) is 0. The Morgan fingerprint density at radius 1 is 0.714 bits per heavy atom. The second-order valence-corrected chi connectivity index (χ2v) is 5.39. The second-order valence-electron chi connectivity index (χ2n) is 5.39. The maximum atomic E-state index is 5.80. The summed E-state index contributed by atoms with van der Waals surface area (Å²) in [6.07, 6.45) is 6.93. The molecule has 2 rings (SSSR count). The Morgan fingerprint density at radius 2 is 1.43 bits per heavy atom. The SMILES string of the molecule is [CH2]CCCCCc1ccc(OCCc2ccccc2)cc1. The first kappa shape index (κ1) is 15.6. The van der Waals surface area contributed by atoms with E-state index >= 15 is 0 Å². The van der Waals surface area contributed by atoms with Crippen LogP contribution in [-0.4, -0.2) is 6.61 Å². The van der Waals surface area contributed by atoms with E-state index in [4.69, 9.17) is 4.74 Å². The smallest absolute Gasteiger partial charge is 0.119 e. The van der Waals surface area contributed by atoms with E-state index < -0.39 is 0 Å². The molecule has 2 aromatic rings. The fraction of sp³-hybridized carbons (Fsp3) is 0.350. The minimum Gasteiger partial charge on any atom is -0.493 e. The molecule has 0 saturated carbocycles. The first-order valence-corrected chi connectivity index (χ1v) is 7.93. The number of unbranched alkanes of at least 4 members (excludes halogenated alkanes) is 3. The molecule has 0 unspecified atom stereocenters. The van der Waals surface area contributed by atoms with Crippen LogP contribution in [0.2, 0.25) is 0 Å². The van der Waals surface area contributed by atoms with E-state index in [0.717, 1.165) is 31.6 Å². The summed E-state index contributed by atoms with van der Waals surface area (Å²) in [5.41, 5.74) is 2.72. The van der Waals surface area contributed by atoms with Crippen LogP contribution in [-0.2, 0) is 12.8 Å². The highest BCUT2D eigenvalue weighted by Gasteiger charge is 1.97. The summed E-state index contributed by atoms with van der Waals surface area (Å²) < 4.78 is 5.80. The molecule has 0 spiro atoms. The summed E-state index contributed by atoms with van der Waals surface area (Å²) in [6, 6.07) is 19.0. The van der Waals surface area contributed by atoms with Crippen molar-refractivity contribution in [3.8, 4) is 5.75 Å². The molecule has 0 heterocycles. The van der Waals surface area contributed by atoms with Crippen molar-refractivity contribution in [3.63, 3.8) is 0 Å². The Balaban J connectivity index is 1.69. The molecule has 0 fully saturated rings. The van der Waals surface area contributed by atoms with Gasteiger partial charge in [-0.2, -0.15) is 0 Å². The number of benzene rings is 2. The molecular formula is C20H25O. The Bertz CT molecular complexity index is 487. The highest BCUT2D eigenvalue weighted by Crippen LogP contribution is 2.15. The normalized spacial score (nSPS) is 10.5. The summed E-state index contributed by atoms with van der Waals surface area (Å²) in [5.74, 6) is 0.965. The van der Waals surface area contributed by atoms with Crippen molar-refractivity contribution in [3.05, 3.63) is 72.6 Å². The van der Waals surface area contributed by atoms with Crippen LogP contribution in [0.1, 0.15) is 36.8 Å². The third kappa shape index (κ3) is 6.03. The van der Waals surface area contributed by atoms with Gasteiger partial charge in [0.05, 0.1) is 6.61 Å². The van der Waals surface area contributed by atoms with Gasteiger partial charge in [0.2, 0.25) is 0 Å². The van der Waals surface area contributed by atoms with E-state index in [2.05, 4.69) is 55.5 Å². The van der Waals surface area contributed by atoms with Crippen LogP contribution in [0, 0.1) is 6.92 Å². The van der Waals surface area contributed by atoms with Crippen molar-refractivity contribution < 1.29 is 4.74 Å². The van der Waals surface area contributed by atoms with Crippen molar-refractivity contribution in [1.82, 2.24) is 0 Å². The van der Waals surface area contributed by atoms with Crippen molar-refractivity contribution in [2.45, 2.75) is 38.5 Å². The van der Waals surface area contributed by atoms with E-state index in [1.54, 1.807) is 0 Å². The van der Waals surface area contributed by atoms with Gasteiger partial charge in [-0.25, -0.2) is 0 Å². The van der Waals surface area contributed by atoms with E-state index in [-0.39, 0.29) is 0 Å². The molecule has 21 heavy (non-hydrogen) atoms. The number of ether oxygens (including phenoxy) is 1. The van der Waals surface area contributed by atoms with Crippen LogP contribution in [0.15, 0.2) is 54.6 Å². The Morgan fingerprint density at radius 3 is 2.14 bits per heavy atom. The molecule has 0 N–H and O–H groups in total. The van der Waals surface area contributed by atoms with Crippen molar-refractivity contribution in [2.75, 3.05) is 6.61 Å². The first-order chi connectivity index (χ1) is 10.4. The second kappa shape index (κ2) is 9.23. The number of hydrogen-bond acceptors (Lipinski definition) is 1. The Labute approximate surface area is 129 Å². The van der Waals surface area contributed by atoms with E-state index in [1.165, 1.54) is 30.4 Å². The molecule has 0 saturated heterocycles. The van der Waals surface area contributed by atoms with Gasteiger partial charge in [-0.05, 0) is 36.1 Å². The lowest BCUT2D eigenvalue weighted by Crippen LogP contribution is -2.01. The molecule has 1 heteroatoms. The molecular weight excluding hydrogens is 256 g/mol. The van der Waals surface area contributed by atoms with E-state index in [0.29, 0.717) is 0 Å². The van der Waals surface area contributed by atoms with Crippen LogP contribution in [0.25, 0.3) is 0 Å². The van der Waals surface area contributed by atoms with Gasteiger partial charge in [-0.3, -0.25) is 0 Å².